The fourth-order valence-corrected chi connectivity index (χ4v) is 4.93. The molecule has 0 aliphatic carbocycles. The quantitative estimate of drug-likeness (QED) is 0.420. The molecule has 0 unspecified atom stereocenters. The van der Waals surface area contributed by atoms with Crippen molar-refractivity contribution in [1.82, 2.24) is 24.4 Å². The Morgan fingerprint density at radius 1 is 1.05 bits per heavy atom. The number of aromatic hydroxyl groups is 1. The Morgan fingerprint density at radius 2 is 1.76 bits per heavy atom. The summed E-state index contributed by atoms with van der Waals surface area (Å²) in [6, 6.07) is 10.5. The number of benzene rings is 1. The molecule has 5 rings (SSSR count). The number of aromatic nitrogens is 4. The second kappa shape index (κ2) is 9.88. The van der Waals surface area contributed by atoms with Gasteiger partial charge in [-0.15, -0.1) is 0 Å². The van der Waals surface area contributed by atoms with E-state index in [2.05, 4.69) is 41.8 Å². The van der Waals surface area contributed by atoms with E-state index in [-0.39, 0.29) is 23.9 Å². The average Bonchev–Trinajstić information content (AvgIpc) is 3.23. The molecule has 1 amide bonds. The van der Waals surface area contributed by atoms with E-state index in [9.17, 15) is 9.90 Å². The van der Waals surface area contributed by atoms with Gasteiger partial charge in [-0.25, -0.2) is 4.98 Å². The molecule has 0 saturated carbocycles. The van der Waals surface area contributed by atoms with Crippen molar-refractivity contribution >= 4 is 39.3 Å². The van der Waals surface area contributed by atoms with Gasteiger partial charge in [0.1, 0.15) is 11.3 Å². The molecule has 4 heterocycles. The maximum Gasteiger partial charge on any atom is 0.228 e. The number of amides is 1. The fourth-order valence-electron chi connectivity index (χ4n) is 4.93. The van der Waals surface area contributed by atoms with Crippen molar-refractivity contribution in [2.24, 2.45) is 0 Å². The Kier molecular flexibility index (Phi) is 6.62. The molecular formula is C28H35N7O2. The molecule has 1 fully saturated rings. The minimum absolute atomic E-state index is 0.0688. The van der Waals surface area contributed by atoms with E-state index in [1.54, 1.807) is 6.92 Å². The number of fused-ring (bicyclic) bond motifs is 2. The van der Waals surface area contributed by atoms with Crippen molar-refractivity contribution in [2.75, 3.05) is 36.0 Å². The van der Waals surface area contributed by atoms with E-state index in [1.165, 1.54) is 0 Å². The third kappa shape index (κ3) is 4.77. The predicted octanol–water partition coefficient (Wildman–Crippen LogP) is 4.35. The Bertz CT molecular complexity index is 1440. The zero-order chi connectivity index (χ0) is 26.3. The lowest BCUT2D eigenvalue weighted by atomic mass is 10.1. The van der Waals surface area contributed by atoms with Crippen LogP contribution in [0, 0.1) is 0 Å². The normalized spacial score (nSPS) is 14.4. The molecule has 9 heteroatoms. The molecule has 4 aromatic rings. The number of carbonyl (C=O) groups excluding carboxylic acids is 1. The van der Waals surface area contributed by atoms with Gasteiger partial charge in [0.15, 0.2) is 0 Å². The smallest absolute Gasteiger partial charge is 0.228 e. The minimum atomic E-state index is 0.0688. The molecule has 1 aliphatic rings. The first kappa shape index (κ1) is 24.8. The number of hydrogen-bond acceptors (Lipinski definition) is 7. The average molecular weight is 502 g/mol. The number of anilines is 2. The van der Waals surface area contributed by atoms with Gasteiger partial charge in [-0.1, -0.05) is 24.3 Å². The van der Waals surface area contributed by atoms with E-state index in [1.807, 2.05) is 47.8 Å². The highest BCUT2D eigenvalue weighted by Crippen LogP contribution is 2.37. The third-order valence-electron chi connectivity index (χ3n) is 7.12. The van der Waals surface area contributed by atoms with E-state index >= 15 is 0 Å². The van der Waals surface area contributed by atoms with Crippen LogP contribution in [0.15, 0.2) is 42.7 Å². The van der Waals surface area contributed by atoms with Crippen LogP contribution in [-0.2, 0) is 11.3 Å². The van der Waals surface area contributed by atoms with Gasteiger partial charge in [-0.05, 0) is 39.1 Å². The zero-order valence-corrected chi connectivity index (χ0v) is 22.2. The van der Waals surface area contributed by atoms with Crippen LogP contribution in [0.1, 0.15) is 46.4 Å². The summed E-state index contributed by atoms with van der Waals surface area (Å²) in [6.07, 6.45) is 3.87. The van der Waals surface area contributed by atoms with Crippen molar-refractivity contribution in [1.29, 1.82) is 0 Å². The second-order valence-corrected chi connectivity index (χ2v) is 10.3. The number of piperazine rings is 1. The van der Waals surface area contributed by atoms with Crippen LogP contribution in [-0.4, -0.2) is 67.7 Å². The Hall–Kier alpha value is -3.88. The van der Waals surface area contributed by atoms with Gasteiger partial charge in [0.05, 0.1) is 17.6 Å². The maximum atomic E-state index is 11.8. The number of carbonyl (C=O) groups is 1. The Labute approximate surface area is 217 Å². The molecule has 1 aliphatic heterocycles. The lowest BCUT2D eigenvalue weighted by Crippen LogP contribution is -2.48. The summed E-state index contributed by atoms with van der Waals surface area (Å²) in [7, 11) is 0. The first-order chi connectivity index (χ1) is 17.7. The van der Waals surface area contributed by atoms with Crippen molar-refractivity contribution in [2.45, 2.75) is 53.2 Å². The lowest BCUT2D eigenvalue weighted by molar-refractivity contribution is -0.129. The monoisotopic (exact) mass is 501 g/mol. The van der Waals surface area contributed by atoms with Crippen molar-refractivity contribution in [3.63, 3.8) is 0 Å². The van der Waals surface area contributed by atoms with E-state index < -0.39 is 0 Å². The van der Waals surface area contributed by atoms with Crippen molar-refractivity contribution in [3.05, 3.63) is 48.4 Å². The number of rotatable bonds is 6. The van der Waals surface area contributed by atoms with Gasteiger partial charge in [-0.2, -0.15) is 4.98 Å². The van der Waals surface area contributed by atoms with Crippen LogP contribution in [0.4, 0.5) is 11.8 Å². The molecule has 3 aromatic heterocycles. The van der Waals surface area contributed by atoms with E-state index in [4.69, 9.17) is 15.0 Å². The highest BCUT2D eigenvalue weighted by atomic mass is 16.3. The Balaban J connectivity index is 1.59. The highest BCUT2D eigenvalue weighted by molar-refractivity contribution is 5.94. The van der Waals surface area contributed by atoms with E-state index in [0.29, 0.717) is 44.2 Å². The van der Waals surface area contributed by atoms with Gasteiger partial charge in [0.2, 0.25) is 17.7 Å². The van der Waals surface area contributed by atoms with E-state index in [0.717, 1.165) is 27.7 Å². The summed E-state index contributed by atoms with van der Waals surface area (Å²) < 4.78 is 1.84. The molecule has 1 N–H and O–H groups in total. The summed E-state index contributed by atoms with van der Waals surface area (Å²) in [5.74, 6) is 1.57. The molecule has 0 atom stereocenters. The lowest BCUT2D eigenvalue weighted by Gasteiger charge is -2.35. The summed E-state index contributed by atoms with van der Waals surface area (Å²) in [6.45, 7) is 13.1. The largest absolute Gasteiger partial charge is 0.493 e. The summed E-state index contributed by atoms with van der Waals surface area (Å²) in [5, 5.41) is 14.2. The van der Waals surface area contributed by atoms with Gasteiger partial charge in [0.25, 0.3) is 0 Å². The van der Waals surface area contributed by atoms with Crippen LogP contribution in [0.2, 0.25) is 0 Å². The number of pyridine rings is 1. The van der Waals surface area contributed by atoms with Crippen LogP contribution in [0.25, 0.3) is 21.7 Å². The molecule has 0 radical (unpaired) electrons. The summed E-state index contributed by atoms with van der Waals surface area (Å²) in [4.78, 5) is 32.6. The Morgan fingerprint density at radius 3 is 2.41 bits per heavy atom. The van der Waals surface area contributed by atoms with Crippen molar-refractivity contribution in [3.8, 4) is 5.88 Å². The van der Waals surface area contributed by atoms with Crippen LogP contribution >= 0.6 is 0 Å². The standard InChI is InChI=1S/C28H35N7O2/c1-18(2)34(16-23-14-21-8-6-7-9-22(21)15-29-23)26-24-17-35(19(3)4)27(37)25(24)30-28(31-26)33-12-10-32(11-13-33)20(5)36/h6-9,14-15,17-19,37H,10-13,16H2,1-5H3. The first-order valence-electron chi connectivity index (χ1n) is 12.9. The zero-order valence-electron chi connectivity index (χ0n) is 22.2. The predicted molar refractivity (Wildman–Crippen MR) is 147 cm³/mol. The molecule has 1 aromatic carbocycles. The highest BCUT2D eigenvalue weighted by Gasteiger charge is 2.27. The first-order valence-corrected chi connectivity index (χ1v) is 12.9. The summed E-state index contributed by atoms with van der Waals surface area (Å²) >= 11 is 0. The third-order valence-corrected chi connectivity index (χ3v) is 7.12. The molecule has 0 bridgehead atoms. The molecule has 194 valence electrons. The molecule has 37 heavy (non-hydrogen) atoms. The number of hydrogen-bond donors (Lipinski definition) is 1. The number of nitrogens with zero attached hydrogens (tertiary/aromatic N) is 7. The van der Waals surface area contributed by atoms with Gasteiger partial charge in [-0.3, -0.25) is 9.78 Å². The minimum Gasteiger partial charge on any atom is -0.493 e. The molecule has 9 nitrogen and oxygen atoms in total. The van der Waals surface area contributed by atoms with Crippen LogP contribution in [0.3, 0.4) is 0 Å². The molecule has 0 spiro atoms. The SMILES string of the molecule is CC(=O)N1CCN(c2nc(N(Cc3cc4ccccc4cn3)C(C)C)c3cn(C(C)C)c(O)c3n2)CC1. The van der Waals surface area contributed by atoms with Crippen molar-refractivity contribution < 1.29 is 9.90 Å². The molecule has 1 saturated heterocycles. The van der Waals surface area contributed by atoms with Gasteiger partial charge >= 0.3 is 0 Å². The van der Waals surface area contributed by atoms with Crippen LogP contribution < -0.4 is 9.80 Å². The maximum absolute atomic E-state index is 11.8. The van der Waals surface area contributed by atoms with Gasteiger partial charge < -0.3 is 24.4 Å². The van der Waals surface area contributed by atoms with Crippen LogP contribution in [0.5, 0.6) is 5.88 Å². The fraction of sp³-hybridized carbons (Fsp3) is 0.429. The van der Waals surface area contributed by atoms with Gasteiger partial charge in [0, 0.05) is 63.0 Å². The topological polar surface area (TPSA) is 90.6 Å². The molecular weight excluding hydrogens is 466 g/mol. The summed E-state index contributed by atoms with van der Waals surface area (Å²) in [5.41, 5.74) is 1.49. The second-order valence-electron chi connectivity index (χ2n) is 10.3.